The summed E-state index contributed by atoms with van der Waals surface area (Å²) in [5.74, 6) is -3.29. The Morgan fingerprint density at radius 1 is 1.29 bits per heavy atom. The summed E-state index contributed by atoms with van der Waals surface area (Å²) in [7, 11) is 0. The van der Waals surface area contributed by atoms with Crippen molar-refractivity contribution < 1.29 is 23.0 Å². The monoisotopic (exact) mass is 429 g/mol. The van der Waals surface area contributed by atoms with Crippen LogP contribution in [0.5, 0.6) is 11.5 Å². The summed E-state index contributed by atoms with van der Waals surface area (Å²) in [6, 6.07) is 10.7. The third kappa shape index (κ3) is 5.06. The maximum absolute atomic E-state index is 12.9. The maximum Gasteiger partial charge on any atom is 0.321 e. The van der Waals surface area contributed by atoms with Crippen LogP contribution >= 0.6 is 23.2 Å². The lowest BCUT2D eigenvalue weighted by molar-refractivity contribution is -0.143. The molecule has 0 aliphatic carbocycles. The van der Waals surface area contributed by atoms with Crippen LogP contribution in [0.15, 0.2) is 36.4 Å². The highest BCUT2D eigenvalue weighted by atomic mass is 35.5. The summed E-state index contributed by atoms with van der Waals surface area (Å²) in [6.45, 7) is 1.45. The molecule has 1 heterocycles. The van der Waals surface area contributed by atoms with E-state index in [1.807, 2.05) is 12.1 Å². The van der Waals surface area contributed by atoms with Crippen LogP contribution < -0.4 is 14.8 Å². The average molecular weight is 430 g/mol. The van der Waals surface area contributed by atoms with Crippen LogP contribution in [0.1, 0.15) is 30.4 Å². The fourth-order valence-electron chi connectivity index (χ4n) is 2.90. The predicted molar refractivity (Wildman–Crippen MR) is 104 cm³/mol. The van der Waals surface area contributed by atoms with Crippen molar-refractivity contribution in [3.05, 3.63) is 57.6 Å². The molecule has 0 aromatic heterocycles. The standard InChI is InChI=1S/C20H19Cl2F2NO3/c1-20(23,24)19(26)25-7-6-12-10-28-18-9-15(4-5-16(12)18)27-11-13-2-3-14(21)8-17(13)22/h2-5,8-9,12H,6-7,10-11H2,1H3,(H,25,26). The number of halogens is 4. The van der Waals surface area contributed by atoms with Crippen molar-refractivity contribution >= 4 is 29.1 Å². The Bertz CT molecular complexity index is 871. The molecule has 1 aliphatic heterocycles. The van der Waals surface area contributed by atoms with Gasteiger partial charge in [0.05, 0.1) is 6.61 Å². The summed E-state index contributed by atoms with van der Waals surface area (Å²) in [6.07, 6.45) is 0.509. The molecule has 1 aliphatic rings. The molecule has 0 bridgehead atoms. The van der Waals surface area contributed by atoms with E-state index in [4.69, 9.17) is 32.7 Å². The average Bonchev–Trinajstić information content (AvgIpc) is 3.02. The summed E-state index contributed by atoms with van der Waals surface area (Å²) in [5, 5.41) is 3.34. The molecule has 150 valence electrons. The number of amides is 1. The van der Waals surface area contributed by atoms with Crippen molar-refractivity contribution in [3.8, 4) is 11.5 Å². The quantitative estimate of drug-likeness (QED) is 0.656. The fraction of sp³-hybridized carbons (Fsp3) is 0.350. The van der Waals surface area contributed by atoms with Gasteiger partial charge in [0.25, 0.3) is 5.91 Å². The second kappa shape index (κ2) is 8.53. The van der Waals surface area contributed by atoms with Gasteiger partial charge in [0, 0.05) is 46.6 Å². The lowest BCUT2D eigenvalue weighted by Gasteiger charge is -2.13. The maximum atomic E-state index is 12.9. The Balaban J connectivity index is 1.56. The zero-order valence-electron chi connectivity index (χ0n) is 15.1. The molecule has 2 aromatic rings. The third-order valence-electron chi connectivity index (χ3n) is 4.45. The molecule has 0 fully saturated rings. The van der Waals surface area contributed by atoms with Crippen LogP contribution in [-0.2, 0) is 11.4 Å². The number of ether oxygens (including phenoxy) is 2. The zero-order valence-corrected chi connectivity index (χ0v) is 16.6. The predicted octanol–water partition coefficient (Wildman–Crippen LogP) is 5.21. The SMILES string of the molecule is CC(F)(F)C(=O)NCCC1COc2cc(OCc3ccc(Cl)cc3Cl)ccc21. The van der Waals surface area contributed by atoms with Gasteiger partial charge in [-0.05, 0) is 24.6 Å². The summed E-state index contributed by atoms with van der Waals surface area (Å²) < 4.78 is 37.2. The smallest absolute Gasteiger partial charge is 0.321 e. The highest BCUT2D eigenvalue weighted by Gasteiger charge is 2.32. The topological polar surface area (TPSA) is 47.6 Å². The van der Waals surface area contributed by atoms with Crippen molar-refractivity contribution in [2.45, 2.75) is 31.8 Å². The Morgan fingerprint density at radius 3 is 2.79 bits per heavy atom. The van der Waals surface area contributed by atoms with Crippen molar-refractivity contribution in [1.29, 1.82) is 0 Å². The lowest BCUT2D eigenvalue weighted by Crippen LogP contribution is -2.38. The number of alkyl halides is 2. The number of nitrogens with one attached hydrogen (secondary N) is 1. The Kier molecular flexibility index (Phi) is 6.30. The van der Waals surface area contributed by atoms with Crippen molar-refractivity contribution in [2.24, 2.45) is 0 Å². The van der Waals surface area contributed by atoms with Gasteiger partial charge in [-0.3, -0.25) is 4.79 Å². The number of benzene rings is 2. The molecule has 3 rings (SSSR count). The molecule has 0 radical (unpaired) electrons. The molecule has 0 saturated carbocycles. The fourth-order valence-corrected chi connectivity index (χ4v) is 3.36. The Labute approximate surface area is 171 Å². The van der Waals surface area contributed by atoms with E-state index >= 15 is 0 Å². The van der Waals surface area contributed by atoms with Crippen molar-refractivity contribution in [2.75, 3.05) is 13.2 Å². The van der Waals surface area contributed by atoms with Crippen molar-refractivity contribution in [3.63, 3.8) is 0 Å². The van der Waals surface area contributed by atoms with Crippen LogP contribution in [0.25, 0.3) is 0 Å². The van der Waals surface area contributed by atoms with E-state index in [9.17, 15) is 13.6 Å². The minimum absolute atomic E-state index is 0.0283. The number of hydrogen-bond acceptors (Lipinski definition) is 3. The number of fused-ring (bicyclic) bond motifs is 1. The van der Waals surface area contributed by atoms with Gasteiger partial charge in [-0.1, -0.05) is 35.3 Å². The lowest BCUT2D eigenvalue weighted by atomic mass is 9.98. The highest BCUT2D eigenvalue weighted by Crippen LogP contribution is 2.38. The van der Waals surface area contributed by atoms with E-state index in [0.717, 1.165) is 11.1 Å². The first kappa shape index (κ1) is 20.7. The van der Waals surface area contributed by atoms with Gasteiger partial charge in [-0.25, -0.2) is 0 Å². The number of carbonyl (C=O) groups excluding carboxylic acids is 1. The first-order valence-electron chi connectivity index (χ1n) is 8.73. The first-order chi connectivity index (χ1) is 13.2. The third-order valence-corrected chi connectivity index (χ3v) is 5.04. The van der Waals surface area contributed by atoms with Gasteiger partial charge in [-0.2, -0.15) is 8.78 Å². The molecule has 8 heteroatoms. The van der Waals surface area contributed by atoms with E-state index in [0.29, 0.717) is 41.5 Å². The molecule has 28 heavy (non-hydrogen) atoms. The Morgan fingerprint density at radius 2 is 2.07 bits per heavy atom. The molecule has 1 N–H and O–H groups in total. The summed E-state index contributed by atoms with van der Waals surface area (Å²) in [4.78, 5) is 11.2. The molecule has 1 unspecified atom stereocenters. The van der Waals surface area contributed by atoms with Crippen LogP contribution in [0, 0.1) is 0 Å². The molecular weight excluding hydrogens is 411 g/mol. The first-order valence-corrected chi connectivity index (χ1v) is 9.49. The van der Waals surface area contributed by atoms with Gasteiger partial charge < -0.3 is 14.8 Å². The van der Waals surface area contributed by atoms with Crippen LogP contribution in [0.4, 0.5) is 8.78 Å². The van der Waals surface area contributed by atoms with Crippen molar-refractivity contribution in [1.82, 2.24) is 5.32 Å². The highest BCUT2D eigenvalue weighted by molar-refractivity contribution is 6.35. The van der Waals surface area contributed by atoms with E-state index in [1.54, 1.807) is 24.3 Å². The number of rotatable bonds is 7. The molecule has 1 atom stereocenters. The van der Waals surface area contributed by atoms with Crippen LogP contribution in [-0.4, -0.2) is 25.0 Å². The van der Waals surface area contributed by atoms with E-state index in [2.05, 4.69) is 5.32 Å². The second-order valence-electron chi connectivity index (χ2n) is 6.66. The number of hydrogen-bond donors (Lipinski definition) is 1. The summed E-state index contributed by atoms with van der Waals surface area (Å²) >= 11 is 12.0. The van der Waals surface area contributed by atoms with E-state index in [1.165, 1.54) is 0 Å². The van der Waals surface area contributed by atoms with Gasteiger partial charge >= 0.3 is 5.92 Å². The van der Waals surface area contributed by atoms with E-state index in [-0.39, 0.29) is 19.1 Å². The van der Waals surface area contributed by atoms with Crippen LogP contribution in [0.2, 0.25) is 10.0 Å². The normalized spacial score (nSPS) is 15.7. The molecular formula is C20H19Cl2F2NO3. The molecule has 2 aromatic carbocycles. The largest absolute Gasteiger partial charge is 0.493 e. The van der Waals surface area contributed by atoms with Crippen LogP contribution in [0.3, 0.4) is 0 Å². The van der Waals surface area contributed by atoms with Gasteiger partial charge in [0.1, 0.15) is 18.1 Å². The van der Waals surface area contributed by atoms with Gasteiger partial charge in [0.2, 0.25) is 0 Å². The minimum Gasteiger partial charge on any atom is -0.493 e. The van der Waals surface area contributed by atoms with Gasteiger partial charge in [-0.15, -0.1) is 0 Å². The molecule has 0 saturated heterocycles. The Hall–Kier alpha value is -2.05. The minimum atomic E-state index is -3.37. The molecule has 0 spiro atoms. The number of carbonyl (C=O) groups is 1. The van der Waals surface area contributed by atoms with Gasteiger partial charge in [0.15, 0.2) is 0 Å². The molecule has 1 amide bonds. The zero-order chi connectivity index (χ0) is 20.3. The summed E-state index contributed by atoms with van der Waals surface area (Å²) in [5.41, 5.74) is 1.78. The second-order valence-corrected chi connectivity index (χ2v) is 7.51. The van der Waals surface area contributed by atoms with E-state index < -0.39 is 11.8 Å². The molecule has 4 nitrogen and oxygen atoms in total.